The van der Waals surface area contributed by atoms with Crippen molar-refractivity contribution in [3.63, 3.8) is 0 Å². The molecule has 0 aliphatic carbocycles. The Balaban J connectivity index is 2.40. The third kappa shape index (κ3) is 4.48. The number of rotatable bonds is 5. The number of anilines is 1. The van der Waals surface area contributed by atoms with Crippen molar-refractivity contribution in [2.45, 2.75) is 6.18 Å². The third-order valence-electron chi connectivity index (χ3n) is 3.46. The molecule has 0 heterocycles. The summed E-state index contributed by atoms with van der Waals surface area (Å²) in [6, 6.07) is 4.92. The van der Waals surface area contributed by atoms with E-state index in [-0.39, 0.29) is 22.7 Å². The highest BCUT2D eigenvalue weighted by molar-refractivity contribution is 9.10. The average molecular weight is 449 g/mol. The van der Waals surface area contributed by atoms with Gasteiger partial charge in [0, 0.05) is 17.3 Å². The first kappa shape index (κ1) is 20.5. The average Bonchev–Trinajstić information content (AvgIpc) is 2.60. The van der Waals surface area contributed by atoms with Gasteiger partial charge in [0.1, 0.15) is 21.5 Å². The number of nitrogens with zero attached hydrogens (tertiary/aromatic N) is 1. The number of halogens is 4. The van der Waals surface area contributed by atoms with Crippen LogP contribution >= 0.6 is 15.9 Å². The first-order valence-electron chi connectivity index (χ1n) is 7.17. The van der Waals surface area contributed by atoms with Crippen LogP contribution in [0.1, 0.15) is 15.9 Å². The zero-order valence-corrected chi connectivity index (χ0v) is 15.5. The van der Waals surface area contributed by atoms with Gasteiger partial charge in [-0.2, -0.15) is 13.2 Å². The van der Waals surface area contributed by atoms with Gasteiger partial charge in [0.05, 0.1) is 19.1 Å². The zero-order valence-electron chi connectivity index (χ0n) is 13.9. The van der Waals surface area contributed by atoms with Gasteiger partial charge in [0.15, 0.2) is 0 Å². The lowest BCUT2D eigenvalue weighted by molar-refractivity contribution is -0.388. The molecule has 1 amide bonds. The summed E-state index contributed by atoms with van der Waals surface area (Å²) in [4.78, 5) is 22.0. The first-order valence-corrected chi connectivity index (χ1v) is 7.96. The number of nitro benzene ring substituents is 1. The van der Waals surface area contributed by atoms with Gasteiger partial charge in [-0.1, -0.05) is 0 Å². The monoisotopic (exact) mass is 448 g/mol. The smallest absolute Gasteiger partial charge is 0.423 e. The number of nitrogens with one attached hydrogen (secondary N) is 1. The maximum Gasteiger partial charge on any atom is 0.423 e. The van der Waals surface area contributed by atoms with Crippen LogP contribution in [0.2, 0.25) is 0 Å². The number of carbonyl (C=O) groups excluding carboxylic acids is 1. The third-order valence-corrected chi connectivity index (χ3v) is 4.25. The number of amides is 1. The van der Waals surface area contributed by atoms with Gasteiger partial charge in [-0.15, -0.1) is 0 Å². The van der Waals surface area contributed by atoms with E-state index in [1.165, 1.54) is 26.4 Å². The molecule has 2 aromatic carbocycles. The van der Waals surface area contributed by atoms with E-state index in [0.29, 0.717) is 16.6 Å². The molecule has 7 nitrogen and oxygen atoms in total. The molecule has 0 spiro atoms. The summed E-state index contributed by atoms with van der Waals surface area (Å²) in [6.07, 6.45) is -4.95. The molecule has 0 radical (unpaired) electrons. The van der Waals surface area contributed by atoms with Crippen LogP contribution in [0.15, 0.2) is 34.8 Å². The van der Waals surface area contributed by atoms with Gasteiger partial charge in [-0.3, -0.25) is 14.9 Å². The van der Waals surface area contributed by atoms with Crippen molar-refractivity contribution in [1.82, 2.24) is 0 Å². The topological polar surface area (TPSA) is 90.7 Å². The molecule has 1 N–H and O–H groups in total. The maximum absolute atomic E-state index is 13.0. The van der Waals surface area contributed by atoms with E-state index >= 15 is 0 Å². The van der Waals surface area contributed by atoms with Crippen molar-refractivity contribution in [2.75, 3.05) is 19.5 Å². The number of nitro groups is 1. The van der Waals surface area contributed by atoms with Crippen molar-refractivity contribution in [3.8, 4) is 11.5 Å². The quantitative estimate of drug-likeness (QED) is 0.531. The van der Waals surface area contributed by atoms with E-state index < -0.39 is 28.3 Å². The van der Waals surface area contributed by atoms with Gasteiger partial charge in [0.25, 0.3) is 11.6 Å². The molecular formula is C16H12BrF3N2O5. The Morgan fingerprint density at radius 3 is 2.15 bits per heavy atom. The summed E-state index contributed by atoms with van der Waals surface area (Å²) >= 11 is 3.23. The van der Waals surface area contributed by atoms with Crippen LogP contribution in [-0.2, 0) is 6.18 Å². The Morgan fingerprint density at radius 1 is 1.15 bits per heavy atom. The van der Waals surface area contributed by atoms with Crippen LogP contribution in [0.3, 0.4) is 0 Å². The number of methoxy groups -OCH3 is 2. The van der Waals surface area contributed by atoms with Gasteiger partial charge >= 0.3 is 6.18 Å². The van der Waals surface area contributed by atoms with Gasteiger partial charge < -0.3 is 14.8 Å². The molecule has 0 aliphatic rings. The van der Waals surface area contributed by atoms with E-state index in [1.54, 1.807) is 0 Å². The number of carbonyl (C=O) groups is 1. The number of hydrogen-bond acceptors (Lipinski definition) is 5. The maximum atomic E-state index is 13.0. The molecule has 0 atom stereocenters. The summed E-state index contributed by atoms with van der Waals surface area (Å²) in [7, 11) is 2.74. The Labute approximate surface area is 159 Å². The minimum atomic E-state index is -4.95. The Hall–Kier alpha value is -2.82. The Kier molecular flexibility index (Phi) is 5.94. The van der Waals surface area contributed by atoms with Crippen molar-refractivity contribution in [2.24, 2.45) is 0 Å². The fourth-order valence-corrected chi connectivity index (χ4v) is 2.76. The molecule has 0 unspecified atom stereocenters. The molecule has 11 heteroatoms. The second-order valence-electron chi connectivity index (χ2n) is 5.14. The summed E-state index contributed by atoms with van der Waals surface area (Å²) in [6.45, 7) is 0. The van der Waals surface area contributed by atoms with Gasteiger partial charge in [-0.25, -0.2) is 0 Å². The molecule has 0 saturated heterocycles. The van der Waals surface area contributed by atoms with Crippen LogP contribution in [0.4, 0.5) is 24.5 Å². The SMILES string of the molecule is COc1cc(C(=O)Nc2ccc([N+](=O)[O-])c(C(F)(F)F)c2)cc(OC)c1Br. The minimum absolute atomic E-state index is 0.0545. The van der Waals surface area contributed by atoms with E-state index in [4.69, 9.17) is 9.47 Å². The van der Waals surface area contributed by atoms with Crippen molar-refractivity contribution < 1.29 is 32.4 Å². The zero-order chi connectivity index (χ0) is 20.4. The van der Waals surface area contributed by atoms with Crippen molar-refractivity contribution >= 4 is 33.2 Å². The molecule has 0 aliphatic heterocycles. The molecule has 0 aromatic heterocycles. The number of ether oxygens (including phenoxy) is 2. The van der Waals surface area contributed by atoms with Crippen LogP contribution in [0.25, 0.3) is 0 Å². The molecule has 144 valence electrons. The first-order chi connectivity index (χ1) is 12.6. The molecule has 27 heavy (non-hydrogen) atoms. The lowest BCUT2D eigenvalue weighted by Crippen LogP contribution is -2.14. The Bertz CT molecular complexity index is 877. The minimum Gasteiger partial charge on any atom is -0.495 e. The predicted molar refractivity (Wildman–Crippen MR) is 93.3 cm³/mol. The molecule has 2 aromatic rings. The molecule has 0 fully saturated rings. The summed E-state index contributed by atoms with van der Waals surface area (Å²) in [5.74, 6) is -0.195. The van der Waals surface area contributed by atoms with E-state index in [1.807, 2.05) is 0 Å². The van der Waals surface area contributed by atoms with Crippen molar-refractivity contribution in [3.05, 3.63) is 56.0 Å². The summed E-state index contributed by atoms with van der Waals surface area (Å²) < 4.78 is 49.8. The van der Waals surface area contributed by atoms with Crippen molar-refractivity contribution in [1.29, 1.82) is 0 Å². The molecule has 2 rings (SSSR count). The molecule has 0 saturated carbocycles. The van der Waals surface area contributed by atoms with Gasteiger partial charge in [-0.05, 0) is 40.2 Å². The molecular weight excluding hydrogens is 437 g/mol. The Morgan fingerprint density at radius 2 is 1.70 bits per heavy atom. The van der Waals surface area contributed by atoms with E-state index in [2.05, 4.69) is 21.2 Å². The lowest BCUT2D eigenvalue weighted by Gasteiger charge is -2.13. The fourth-order valence-electron chi connectivity index (χ4n) is 2.20. The number of benzene rings is 2. The number of alkyl halides is 3. The summed E-state index contributed by atoms with van der Waals surface area (Å²) in [5, 5.41) is 13.1. The van der Waals surface area contributed by atoms with Crippen LogP contribution in [0, 0.1) is 10.1 Å². The van der Waals surface area contributed by atoms with Crippen LogP contribution < -0.4 is 14.8 Å². The predicted octanol–water partition coefficient (Wildman–Crippen LogP) is 4.65. The van der Waals surface area contributed by atoms with Crippen LogP contribution in [-0.4, -0.2) is 25.1 Å². The highest BCUT2D eigenvalue weighted by atomic mass is 79.9. The standard InChI is InChI=1S/C16H12BrF3N2O5/c1-26-12-5-8(6-13(27-2)14(12)17)15(23)21-9-3-4-11(22(24)25)10(7-9)16(18,19)20/h3-7H,1-2H3,(H,21,23). The highest BCUT2D eigenvalue weighted by Gasteiger charge is 2.38. The molecule has 0 bridgehead atoms. The second kappa shape index (κ2) is 7.82. The van der Waals surface area contributed by atoms with Gasteiger partial charge in [0.2, 0.25) is 0 Å². The summed E-state index contributed by atoms with van der Waals surface area (Å²) in [5.41, 5.74) is -2.76. The normalized spacial score (nSPS) is 11.0. The highest BCUT2D eigenvalue weighted by Crippen LogP contribution is 2.38. The van der Waals surface area contributed by atoms with E-state index in [0.717, 1.165) is 6.07 Å². The second-order valence-corrected chi connectivity index (χ2v) is 5.93. The largest absolute Gasteiger partial charge is 0.495 e. The lowest BCUT2D eigenvalue weighted by atomic mass is 10.1. The van der Waals surface area contributed by atoms with Crippen LogP contribution in [0.5, 0.6) is 11.5 Å². The number of hydrogen-bond donors (Lipinski definition) is 1. The van der Waals surface area contributed by atoms with E-state index in [9.17, 15) is 28.1 Å². The fraction of sp³-hybridized carbons (Fsp3) is 0.188.